The molecule has 110 valence electrons. The van der Waals surface area contributed by atoms with E-state index in [4.69, 9.17) is 10.2 Å². The monoisotopic (exact) mass is 328 g/mol. The quantitative estimate of drug-likeness (QED) is 0.465. The van der Waals surface area contributed by atoms with Crippen LogP contribution in [0.1, 0.15) is 64.7 Å². The normalized spacial score (nSPS) is 11.6. The van der Waals surface area contributed by atoms with Gasteiger partial charge in [-0.25, -0.2) is 4.39 Å². The third-order valence-corrected chi connectivity index (χ3v) is 2.88. The molecule has 0 fully saturated rings. The fourth-order valence-corrected chi connectivity index (χ4v) is 1.67. The minimum absolute atomic E-state index is 0.288. The lowest BCUT2D eigenvalue weighted by Crippen LogP contribution is -1.94. The first kappa shape index (κ1) is 20.2. The smallest absolute Gasteiger partial charge is 0.303 e. The zero-order valence-electron chi connectivity index (χ0n) is 11.2. The van der Waals surface area contributed by atoms with Gasteiger partial charge in [0, 0.05) is 18.2 Å². The molecule has 0 bridgehead atoms. The number of aliphatic hydroxyl groups excluding tert-OH is 1. The summed E-state index contributed by atoms with van der Waals surface area (Å²) in [5.74, 6) is -0.675. The minimum Gasteiger partial charge on any atom is -0.481 e. The summed E-state index contributed by atoms with van der Waals surface area (Å²) in [7, 11) is 0. The van der Waals surface area contributed by atoms with Crippen molar-refractivity contribution in [2.45, 2.75) is 71.1 Å². The molecule has 0 saturated carbocycles. The van der Waals surface area contributed by atoms with Gasteiger partial charge in [0.25, 0.3) is 0 Å². The van der Waals surface area contributed by atoms with Crippen LogP contribution >= 0.6 is 15.9 Å². The van der Waals surface area contributed by atoms with Gasteiger partial charge in [0.2, 0.25) is 0 Å². The van der Waals surface area contributed by atoms with Gasteiger partial charge in [0.15, 0.2) is 6.36 Å². The fourth-order valence-electron chi connectivity index (χ4n) is 1.27. The van der Waals surface area contributed by atoms with Gasteiger partial charge in [-0.05, 0) is 19.3 Å². The van der Waals surface area contributed by atoms with E-state index in [1.165, 1.54) is 19.3 Å². The largest absolute Gasteiger partial charge is 0.481 e. The zero-order chi connectivity index (χ0) is 14.2. The molecule has 0 aliphatic rings. The van der Waals surface area contributed by atoms with Crippen molar-refractivity contribution in [3.63, 3.8) is 0 Å². The van der Waals surface area contributed by atoms with E-state index in [1.807, 2.05) is 6.92 Å². The Kier molecular flexibility index (Phi) is 18.9. The number of unbranched alkanes of at least 4 members (excludes halogenated alkanes) is 5. The highest BCUT2D eigenvalue weighted by Gasteiger charge is 1.95. The molecule has 3 nitrogen and oxygen atoms in total. The lowest BCUT2D eigenvalue weighted by molar-refractivity contribution is -0.137. The number of hydrogen-bond acceptors (Lipinski definition) is 2. The summed E-state index contributed by atoms with van der Waals surface area (Å²) >= 11 is 3.35. The molecule has 1 unspecified atom stereocenters. The van der Waals surface area contributed by atoms with E-state index in [9.17, 15) is 9.18 Å². The Bertz CT molecular complexity index is 178. The van der Waals surface area contributed by atoms with E-state index < -0.39 is 12.3 Å². The van der Waals surface area contributed by atoms with Gasteiger partial charge in [-0.15, -0.1) is 0 Å². The van der Waals surface area contributed by atoms with Crippen LogP contribution in [-0.2, 0) is 4.79 Å². The molecule has 0 aromatic heterocycles. The molecule has 0 aromatic rings. The Morgan fingerprint density at radius 1 is 1.17 bits per heavy atom. The van der Waals surface area contributed by atoms with E-state index >= 15 is 0 Å². The van der Waals surface area contributed by atoms with Crippen LogP contribution in [0.4, 0.5) is 4.39 Å². The maximum atomic E-state index is 11.4. The fraction of sp³-hybridized carbons (Fsp3) is 0.923. The van der Waals surface area contributed by atoms with Crippen LogP contribution in [0.2, 0.25) is 0 Å². The van der Waals surface area contributed by atoms with Crippen molar-refractivity contribution in [2.75, 3.05) is 5.33 Å². The average Bonchev–Trinajstić information content (AvgIpc) is 2.31. The van der Waals surface area contributed by atoms with Crippen molar-refractivity contribution in [1.82, 2.24) is 0 Å². The standard InChI is InChI=1S/C8H15BrO2.C5H11FO/c9-7-5-3-1-2-4-6-8(10)11;1-2-3-4-5(6)7/h1-7H2,(H,10,11);5,7H,2-4H2,1H3. The second kappa shape index (κ2) is 16.8. The summed E-state index contributed by atoms with van der Waals surface area (Å²) < 4.78 is 11.4. The van der Waals surface area contributed by atoms with E-state index in [1.54, 1.807) is 0 Å². The lowest BCUT2D eigenvalue weighted by atomic mass is 10.1. The highest BCUT2D eigenvalue weighted by molar-refractivity contribution is 9.09. The topological polar surface area (TPSA) is 57.5 Å². The number of carboxylic acids is 1. The van der Waals surface area contributed by atoms with Gasteiger partial charge in [0.1, 0.15) is 0 Å². The van der Waals surface area contributed by atoms with Crippen molar-refractivity contribution >= 4 is 21.9 Å². The predicted molar refractivity (Wildman–Crippen MR) is 75.8 cm³/mol. The van der Waals surface area contributed by atoms with Gasteiger partial charge in [-0.2, -0.15) is 0 Å². The van der Waals surface area contributed by atoms with E-state index in [2.05, 4.69) is 15.9 Å². The third kappa shape index (κ3) is 24.9. The molecule has 0 amide bonds. The first-order valence-electron chi connectivity index (χ1n) is 6.64. The summed E-state index contributed by atoms with van der Waals surface area (Å²) in [6.45, 7) is 1.96. The van der Waals surface area contributed by atoms with Crippen molar-refractivity contribution < 1.29 is 19.4 Å². The summed E-state index contributed by atoms with van der Waals surface area (Å²) in [6, 6.07) is 0. The molecule has 2 N–H and O–H groups in total. The van der Waals surface area contributed by atoms with Crippen LogP contribution in [0.5, 0.6) is 0 Å². The molecule has 0 heterocycles. The Morgan fingerprint density at radius 2 is 1.72 bits per heavy atom. The predicted octanol–water partition coefficient (Wildman–Crippen LogP) is 4.27. The van der Waals surface area contributed by atoms with Gasteiger partial charge in [-0.3, -0.25) is 4.79 Å². The summed E-state index contributed by atoms with van der Waals surface area (Å²) in [5, 5.41) is 17.4. The number of halogens is 2. The van der Waals surface area contributed by atoms with Crippen molar-refractivity contribution in [3.8, 4) is 0 Å². The van der Waals surface area contributed by atoms with Crippen LogP contribution in [0.3, 0.4) is 0 Å². The van der Waals surface area contributed by atoms with Crippen molar-refractivity contribution in [2.24, 2.45) is 0 Å². The third-order valence-electron chi connectivity index (χ3n) is 2.32. The molecular formula is C13H26BrFO3. The number of alkyl halides is 2. The maximum absolute atomic E-state index is 11.4. The second-order valence-electron chi connectivity index (χ2n) is 4.18. The Morgan fingerprint density at radius 3 is 2.11 bits per heavy atom. The first-order chi connectivity index (χ1) is 8.54. The average molecular weight is 329 g/mol. The number of aliphatic carboxylic acids is 1. The van der Waals surface area contributed by atoms with Crippen LogP contribution in [0.25, 0.3) is 0 Å². The molecular weight excluding hydrogens is 303 g/mol. The molecule has 0 spiro atoms. The molecule has 0 aromatic carbocycles. The molecule has 0 rings (SSSR count). The Hall–Kier alpha value is -0.160. The van der Waals surface area contributed by atoms with Gasteiger partial charge >= 0.3 is 5.97 Å². The first-order valence-corrected chi connectivity index (χ1v) is 7.76. The molecule has 0 saturated heterocycles. The van der Waals surface area contributed by atoms with E-state index in [0.29, 0.717) is 6.42 Å². The molecule has 18 heavy (non-hydrogen) atoms. The summed E-state index contributed by atoms with van der Waals surface area (Å²) in [5.41, 5.74) is 0. The highest BCUT2D eigenvalue weighted by atomic mass is 79.9. The number of carboxylic acid groups (broad SMARTS) is 1. The van der Waals surface area contributed by atoms with E-state index in [-0.39, 0.29) is 6.42 Å². The summed E-state index contributed by atoms with van der Waals surface area (Å²) in [6.07, 6.45) is 6.21. The number of carbonyl (C=O) groups is 1. The van der Waals surface area contributed by atoms with Gasteiger partial charge in [-0.1, -0.05) is 48.5 Å². The van der Waals surface area contributed by atoms with Crippen molar-refractivity contribution in [3.05, 3.63) is 0 Å². The van der Waals surface area contributed by atoms with Crippen LogP contribution < -0.4 is 0 Å². The van der Waals surface area contributed by atoms with Gasteiger partial charge < -0.3 is 10.2 Å². The van der Waals surface area contributed by atoms with Gasteiger partial charge in [0.05, 0.1) is 0 Å². The number of aliphatic hydroxyl groups is 1. The minimum atomic E-state index is -1.60. The molecule has 5 heteroatoms. The second-order valence-corrected chi connectivity index (χ2v) is 4.97. The van der Waals surface area contributed by atoms with E-state index in [0.717, 1.165) is 31.0 Å². The SMILES string of the molecule is CCCCC(O)F.O=C(O)CCCCCCCBr. The van der Waals surface area contributed by atoms with Crippen LogP contribution in [0, 0.1) is 0 Å². The zero-order valence-corrected chi connectivity index (χ0v) is 12.8. The Balaban J connectivity index is 0. The highest BCUT2D eigenvalue weighted by Crippen LogP contribution is 2.06. The number of rotatable bonds is 10. The maximum Gasteiger partial charge on any atom is 0.303 e. The Labute approximate surface area is 118 Å². The summed E-state index contributed by atoms with van der Waals surface area (Å²) in [4.78, 5) is 10.1. The lowest BCUT2D eigenvalue weighted by Gasteiger charge is -1.96. The number of hydrogen-bond donors (Lipinski definition) is 2. The van der Waals surface area contributed by atoms with Crippen molar-refractivity contribution in [1.29, 1.82) is 0 Å². The molecule has 0 aliphatic carbocycles. The van der Waals surface area contributed by atoms with Crippen LogP contribution in [0.15, 0.2) is 0 Å². The molecule has 1 atom stereocenters. The molecule has 0 radical (unpaired) electrons. The van der Waals surface area contributed by atoms with Crippen LogP contribution in [-0.4, -0.2) is 27.9 Å². The molecule has 0 aliphatic heterocycles.